The van der Waals surface area contributed by atoms with Crippen molar-refractivity contribution in [2.75, 3.05) is 17.3 Å². The topological polar surface area (TPSA) is 0 Å². The van der Waals surface area contributed by atoms with E-state index in [0.29, 0.717) is 0 Å². The molecule has 0 unspecified atom stereocenters. The van der Waals surface area contributed by atoms with Gasteiger partial charge in [0.05, 0.1) is 0 Å². The van der Waals surface area contributed by atoms with Gasteiger partial charge in [0.1, 0.15) is 0 Å². The minimum absolute atomic E-state index is 0.539. The lowest BCUT2D eigenvalue weighted by Gasteiger charge is -2.20. The van der Waals surface area contributed by atoms with Gasteiger partial charge in [0.15, 0.2) is 0 Å². The van der Waals surface area contributed by atoms with Crippen LogP contribution in [-0.4, -0.2) is 17.3 Å². The van der Waals surface area contributed by atoms with E-state index in [9.17, 15) is 0 Å². The fourth-order valence-electron chi connectivity index (χ4n) is 3.02. The third-order valence-electron chi connectivity index (χ3n) is 4.22. The number of rotatable bonds is 9. The van der Waals surface area contributed by atoms with Crippen molar-refractivity contribution in [3.63, 3.8) is 0 Å². The number of benzene rings is 3. The molecule has 3 rings (SSSR count). The van der Waals surface area contributed by atoms with Crippen LogP contribution in [0.25, 0.3) is 0 Å². The van der Waals surface area contributed by atoms with Gasteiger partial charge in [0.2, 0.25) is 0 Å². The molecular weight excluding hydrogens is 415 g/mol. The Labute approximate surface area is 184 Å². The number of thioether (sulfide) groups is 3. The molecule has 28 heavy (non-hydrogen) atoms. The second-order valence-electron chi connectivity index (χ2n) is 6.12. The predicted octanol–water partition coefficient (Wildman–Crippen LogP) is 6.78. The van der Waals surface area contributed by atoms with Gasteiger partial charge in [0.25, 0.3) is 0 Å². The van der Waals surface area contributed by atoms with Crippen molar-refractivity contribution >= 4 is 59.1 Å². The highest BCUT2D eigenvalue weighted by atomic mass is 32.2. The summed E-state index contributed by atoms with van der Waals surface area (Å²) in [6.07, 6.45) is 0. The van der Waals surface area contributed by atoms with E-state index in [1.165, 1.54) is 30.6 Å². The average Bonchev–Trinajstić information content (AvgIpc) is 2.73. The summed E-state index contributed by atoms with van der Waals surface area (Å²) in [5.41, 5.74) is 0. The second kappa shape index (κ2) is 11.4. The average molecular weight is 443 g/mol. The highest BCUT2D eigenvalue weighted by molar-refractivity contribution is 7.99. The zero-order valence-corrected chi connectivity index (χ0v) is 20.1. The summed E-state index contributed by atoms with van der Waals surface area (Å²) in [4.78, 5) is 4.06. The summed E-state index contributed by atoms with van der Waals surface area (Å²) in [5.74, 6) is 3.34. The van der Waals surface area contributed by atoms with E-state index < -0.39 is 7.92 Å². The summed E-state index contributed by atoms with van der Waals surface area (Å²) < 4.78 is 0. The van der Waals surface area contributed by atoms with Gasteiger partial charge < -0.3 is 0 Å². The SMILES string of the molecule is CCSc1ccc(P(c2ccc(SCC)cc2)c2ccc(SCC)cc2)cc1. The largest absolute Gasteiger partial charge is 0.126 e. The van der Waals surface area contributed by atoms with Crippen molar-refractivity contribution < 1.29 is 0 Å². The first-order valence-electron chi connectivity index (χ1n) is 9.73. The van der Waals surface area contributed by atoms with Gasteiger partial charge in [0, 0.05) is 14.7 Å². The van der Waals surface area contributed by atoms with Crippen LogP contribution in [-0.2, 0) is 0 Å². The van der Waals surface area contributed by atoms with Crippen LogP contribution >= 0.6 is 43.2 Å². The van der Waals surface area contributed by atoms with E-state index in [1.807, 2.05) is 35.3 Å². The van der Waals surface area contributed by atoms with Gasteiger partial charge in [-0.05, 0) is 77.5 Å². The molecule has 0 radical (unpaired) electrons. The summed E-state index contributed by atoms with van der Waals surface area (Å²) in [6.45, 7) is 6.62. The van der Waals surface area contributed by atoms with E-state index in [0.717, 1.165) is 17.3 Å². The Morgan fingerprint density at radius 3 is 0.929 bits per heavy atom. The lowest BCUT2D eigenvalue weighted by atomic mass is 10.3. The van der Waals surface area contributed by atoms with Crippen molar-refractivity contribution in [2.45, 2.75) is 35.5 Å². The third kappa shape index (κ3) is 5.83. The standard InChI is InChI=1S/C24H27PS3/c1-4-26-22-13-7-19(8-14-22)25(20-9-15-23(16-10-20)27-5-2)21-11-17-24(18-12-21)28-6-3/h7-18H,4-6H2,1-3H3. The van der Waals surface area contributed by atoms with Crippen molar-refractivity contribution in [3.8, 4) is 0 Å². The van der Waals surface area contributed by atoms with Gasteiger partial charge in [-0.3, -0.25) is 0 Å². The minimum Gasteiger partial charge on any atom is -0.126 e. The molecule has 0 aliphatic heterocycles. The van der Waals surface area contributed by atoms with E-state index in [-0.39, 0.29) is 0 Å². The molecule has 3 aromatic carbocycles. The Bertz CT molecular complexity index is 725. The first-order valence-corrected chi connectivity index (χ1v) is 14.0. The fourth-order valence-corrected chi connectivity index (χ4v) is 7.24. The first-order chi connectivity index (χ1) is 13.7. The molecule has 0 heterocycles. The van der Waals surface area contributed by atoms with Crippen LogP contribution in [0.15, 0.2) is 87.5 Å². The van der Waals surface area contributed by atoms with E-state index >= 15 is 0 Å². The summed E-state index contributed by atoms with van der Waals surface area (Å²) in [6, 6.07) is 27.6. The van der Waals surface area contributed by atoms with Crippen LogP contribution in [0, 0.1) is 0 Å². The molecule has 0 amide bonds. The highest BCUT2D eigenvalue weighted by Crippen LogP contribution is 2.35. The molecule has 0 nitrogen and oxygen atoms in total. The van der Waals surface area contributed by atoms with Crippen LogP contribution in [0.3, 0.4) is 0 Å². The lowest BCUT2D eigenvalue weighted by Crippen LogP contribution is -2.20. The lowest BCUT2D eigenvalue weighted by molar-refractivity contribution is 1.43. The van der Waals surface area contributed by atoms with Gasteiger partial charge >= 0.3 is 0 Å². The zero-order valence-electron chi connectivity index (χ0n) is 16.7. The molecular formula is C24H27PS3. The Hall–Kier alpha value is -0.860. The Morgan fingerprint density at radius 1 is 0.464 bits per heavy atom. The van der Waals surface area contributed by atoms with Gasteiger partial charge in [-0.15, -0.1) is 35.3 Å². The number of hydrogen-bond acceptors (Lipinski definition) is 3. The first kappa shape index (κ1) is 21.8. The molecule has 0 bridgehead atoms. The maximum absolute atomic E-state index is 2.33. The van der Waals surface area contributed by atoms with Crippen LogP contribution in [0.5, 0.6) is 0 Å². The molecule has 3 aromatic rings. The summed E-state index contributed by atoms with van der Waals surface area (Å²) in [5, 5.41) is 4.26. The molecule has 0 fully saturated rings. The molecule has 4 heteroatoms. The Kier molecular flexibility index (Phi) is 8.86. The Morgan fingerprint density at radius 2 is 0.714 bits per heavy atom. The molecule has 0 aliphatic carbocycles. The van der Waals surface area contributed by atoms with Gasteiger partial charge in [-0.2, -0.15) is 0 Å². The third-order valence-corrected chi connectivity index (χ3v) is 9.34. The fraction of sp³-hybridized carbons (Fsp3) is 0.250. The quantitative estimate of drug-likeness (QED) is 0.265. The smallest absolute Gasteiger partial charge is 0.00722 e. The van der Waals surface area contributed by atoms with Crippen molar-refractivity contribution in [1.82, 2.24) is 0 Å². The highest BCUT2D eigenvalue weighted by Gasteiger charge is 2.17. The molecule has 0 spiro atoms. The summed E-state index contributed by atoms with van der Waals surface area (Å²) in [7, 11) is -0.539. The van der Waals surface area contributed by atoms with Gasteiger partial charge in [-0.25, -0.2) is 0 Å². The summed E-state index contributed by atoms with van der Waals surface area (Å²) >= 11 is 5.71. The molecule has 0 saturated carbocycles. The molecule has 0 saturated heterocycles. The molecule has 0 aliphatic rings. The van der Waals surface area contributed by atoms with Crippen molar-refractivity contribution in [2.24, 2.45) is 0 Å². The predicted molar refractivity (Wildman–Crippen MR) is 134 cm³/mol. The maximum Gasteiger partial charge on any atom is 0.00722 e. The van der Waals surface area contributed by atoms with Crippen molar-refractivity contribution in [3.05, 3.63) is 72.8 Å². The minimum atomic E-state index is -0.539. The molecule has 0 aromatic heterocycles. The molecule has 0 N–H and O–H groups in total. The van der Waals surface area contributed by atoms with Gasteiger partial charge in [-0.1, -0.05) is 57.2 Å². The molecule has 146 valence electrons. The zero-order chi connectivity index (χ0) is 19.8. The van der Waals surface area contributed by atoms with Crippen LogP contribution < -0.4 is 15.9 Å². The van der Waals surface area contributed by atoms with Crippen LogP contribution in [0.2, 0.25) is 0 Å². The maximum atomic E-state index is 2.33. The van der Waals surface area contributed by atoms with E-state index in [1.54, 1.807) is 0 Å². The van der Waals surface area contributed by atoms with E-state index in [4.69, 9.17) is 0 Å². The Balaban J connectivity index is 1.97. The van der Waals surface area contributed by atoms with Crippen LogP contribution in [0.1, 0.15) is 20.8 Å². The number of hydrogen-bond donors (Lipinski definition) is 0. The molecule has 0 atom stereocenters. The normalized spacial score (nSPS) is 11.1. The second-order valence-corrected chi connectivity index (χ2v) is 12.3. The van der Waals surface area contributed by atoms with Crippen LogP contribution in [0.4, 0.5) is 0 Å². The monoisotopic (exact) mass is 442 g/mol. The van der Waals surface area contributed by atoms with E-state index in [2.05, 4.69) is 93.6 Å². The van der Waals surface area contributed by atoms with Crippen molar-refractivity contribution in [1.29, 1.82) is 0 Å².